The molecule has 0 aliphatic carbocycles. The fourth-order valence-corrected chi connectivity index (χ4v) is 10.8. The summed E-state index contributed by atoms with van der Waals surface area (Å²) in [5.74, 6) is 1.85. The maximum Gasteiger partial charge on any atom is 0.164 e. The van der Waals surface area contributed by atoms with E-state index in [1.165, 1.54) is 18.2 Å². The van der Waals surface area contributed by atoms with Crippen molar-refractivity contribution in [1.29, 1.82) is 0 Å². The summed E-state index contributed by atoms with van der Waals surface area (Å²) < 4.78 is 37.5. The summed E-state index contributed by atoms with van der Waals surface area (Å²) in [6.07, 6.45) is 0. The molecular formula is C67H42F2N8. The average Bonchev–Trinajstić information content (AvgIpc) is 4.19. The van der Waals surface area contributed by atoms with Gasteiger partial charge in [-0.15, -0.1) is 0 Å². The lowest BCUT2D eigenvalue weighted by atomic mass is 9.97. The molecule has 14 rings (SSSR count). The molecular weight excluding hydrogens is 955 g/mol. The predicted molar refractivity (Wildman–Crippen MR) is 305 cm³/mol. The van der Waals surface area contributed by atoms with Gasteiger partial charge in [-0.2, -0.15) is 0 Å². The highest BCUT2D eigenvalue weighted by molar-refractivity contribution is 6.12. The third kappa shape index (κ3) is 7.81. The highest BCUT2D eigenvalue weighted by atomic mass is 19.1. The molecule has 0 bridgehead atoms. The summed E-state index contributed by atoms with van der Waals surface area (Å²) in [7, 11) is 0. The number of nitrogens with zero attached hydrogens (tertiary/aromatic N) is 8. The van der Waals surface area contributed by atoms with Crippen molar-refractivity contribution in [2.75, 3.05) is 0 Å². The Morgan fingerprint density at radius 2 is 0.649 bits per heavy atom. The summed E-state index contributed by atoms with van der Waals surface area (Å²) >= 11 is 0. The van der Waals surface area contributed by atoms with Gasteiger partial charge in [0.2, 0.25) is 0 Å². The van der Waals surface area contributed by atoms with Gasteiger partial charge in [-0.3, -0.25) is 0 Å². The van der Waals surface area contributed by atoms with Gasteiger partial charge in [-0.05, 0) is 61.0 Å². The Kier molecular flexibility index (Phi) is 10.9. The molecule has 0 N–H and O–H groups in total. The molecule has 0 amide bonds. The minimum absolute atomic E-state index is 0.125. The zero-order valence-corrected chi connectivity index (χ0v) is 41.4. The minimum atomic E-state index is -0.671. The number of aromatic nitrogens is 8. The van der Waals surface area contributed by atoms with E-state index in [1.807, 2.05) is 171 Å². The molecule has 0 aliphatic heterocycles. The largest absolute Gasteiger partial charge is 0.309 e. The van der Waals surface area contributed by atoms with Gasteiger partial charge in [0.1, 0.15) is 11.6 Å². The second-order valence-corrected chi connectivity index (χ2v) is 18.9. The molecule has 10 aromatic carbocycles. The average molecular weight is 997 g/mol. The van der Waals surface area contributed by atoms with Crippen molar-refractivity contribution < 1.29 is 8.78 Å². The quantitative estimate of drug-likeness (QED) is 0.143. The highest BCUT2D eigenvalue weighted by Gasteiger charge is 2.26. The normalized spacial score (nSPS) is 11.6. The molecule has 4 aromatic heterocycles. The Bertz CT molecular complexity index is 4460. The fourth-order valence-electron chi connectivity index (χ4n) is 10.8. The molecule has 364 valence electrons. The van der Waals surface area contributed by atoms with Crippen LogP contribution in [0.2, 0.25) is 0 Å². The van der Waals surface area contributed by atoms with Crippen molar-refractivity contribution in [3.63, 3.8) is 0 Å². The van der Waals surface area contributed by atoms with E-state index in [0.29, 0.717) is 46.2 Å². The molecule has 14 aromatic rings. The number of para-hydroxylation sites is 2. The zero-order chi connectivity index (χ0) is 51.6. The van der Waals surface area contributed by atoms with Crippen molar-refractivity contribution in [2.45, 2.75) is 6.92 Å². The van der Waals surface area contributed by atoms with Crippen molar-refractivity contribution in [1.82, 2.24) is 39.0 Å². The monoisotopic (exact) mass is 996 g/mol. The molecule has 0 saturated carbocycles. The van der Waals surface area contributed by atoms with Crippen LogP contribution in [0.25, 0.3) is 134 Å². The molecule has 0 saturated heterocycles. The lowest BCUT2D eigenvalue weighted by molar-refractivity contribution is 0.589. The first-order chi connectivity index (χ1) is 37.9. The molecule has 0 aliphatic rings. The van der Waals surface area contributed by atoms with E-state index < -0.39 is 11.6 Å². The molecule has 0 radical (unpaired) electrons. The van der Waals surface area contributed by atoms with Crippen LogP contribution < -0.4 is 0 Å². The fraction of sp³-hybridized carbons (Fsp3) is 0.0149. The van der Waals surface area contributed by atoms with Crippen LogP contribution in [-0.2, 0) is 0 Å². The minimum Gasteiger partial charge on any atom is -0.309 e. The third-order valence-corrected chi connectivity index (χ3v) is 14.4. The lowest BCUT2D eigenvalue weighted by Gasteiger charge is -2.22. The third-order valence-electron chi connectivity index (χ3n) is 14.4. The topological polar surface area (TPSA) is 87.2 Å². The van der Waals surface area contributed by atoms with Gasteiger partial charge in [-0.25, -0.2) is 38.7 Å². The Hall–Kier alpha value is -10.3. The highest BCUT2D eigenvalue weighted by Crippen LogP contribution is 2.44. The summed E-state index contributed by atoms with van der Waals surface area (Å²) in [4.78, 5) is 30.3. The second kappa shape index (κ2) is 18.6. The summed E-state index contributed by atoms with van der Waals surface area (Å²) in [5.41, 5.74) is 11.0. The maximum atomic E-state index is 16.5. The van der Waals surface area contributed by atoms with Crippen LogP contribution in [-0.4, -0.2) is 39.0 Å². The van der Waals surface area contributed by atoms with Crippen LogP contribution >= 0.6 is 0 Å². The summed E-state index contributed by atoms with van der Waals surface area (Å²) in [5, 5.41) is 3.96. The molecule has 4 heterocycles. The summed E-state index contributed by atoms with van der Waals surface area (Å²) in [6.45, 7) is 2.04. The first-order valence-electron chi connectivity index (χ1n) is 25.3. The van der Waals surface area contributed by atoms with E-state index in [1.54, 1.807) is 0 Å². The van der Waals surface area contributed by atoms with Crippen LogP contribution in [0.1, 0.15) is 5.56 Å². The summed E-state index contributed by atoms with van der Waals surface area (Å²) in [6, 6.07) is 76.4. The Morgan fingerprint density at radius 1 is 0.299 bits per heavy atom. The second-order valence-electron chi connectivity index (χ2n) is 18.9. The van der Waals surface area contributed by atoms with Gasteiger partial charge in [0, 0.05) is 60.5 Å². The van der Waals surface area contributed by atoms with Crippen LogP contribution in [0.3, 0.4) is 0 Å². The molecule has 77 heavy (non-hydrogen) atoms. The molecule has 0 fully saturated rings. The van der Waals surface area contributed by atoms with E-state index in [9.17, 15) is 0 Å². The number of hydrogen-bond donors (Lipinski definition) is 0. The number of benzene rings is 10. The first-order valence-corrected chi connectivity index (χ1v) is 25.3. The van der Waals surface area contributed by atoms with Crippen molar-refractivity contribution in [3.8, 4) is 90.8 Å². The first kappa shape index (κ1) is 45.3. The number of rotatable bonds is 9. The lowest BCUT2D eigenvalue weighted by Crippen LogP contribution is -2.07. The van der Waals surface area contributed by atoms with Crippen molar-refractivity contribution in [3.05, 3.63) is 254 Å². The SMILES string of the molecule is Cc1c(-n2c3ccccc3c3ccc(-c4nc(-c5ccccc5)nc(-c5ccccc5)n4)cc32)ccc(-c2c(F)cccc2F)c1-n1c2ccccc2c2ccc(-c3nc(-c4ccccc4)nc(-c4ccccc4)n3)cc21. The van der Waals surface area contributed by atoms with E-state index in [2.05, 4.69) is 63.7 Å². The van der Waals surface area contributed by atoms with Gasteiger partial charge < -0.3 is 9.13 Å². The van der Waals surface area contributed by atoms with Gasteiger partial charge in [0.25, 0.3) is 0 Å². The van der Waals surface area contributed by atoms with Crippen LogP contribution in [0.15, 0.2) is 237 Å². The number of halogens is 2. The van der Waals surface area contributed by atoms with Gasteiger partial charge >= 0.3 is 0 Å². The Labute approximate surface area is 441 Å². The molecule has 0 atom stereocenters. The van der Waals surface area contributed by atoms with Gasteiger partial charge in [0.15, 0.2) is 34.9 Å². The maximum absolute atomic E-state index is 16.5. The van der Waals surface area contributed by atoms with Crippen LogP contribution in [0.5, 0.6) is 0 Å². The van der Waals surface area contributed by atoms with Crippen LogP contribution in [0.4, 0.5) is 8.78 Å². The molecule has 0 unspecified atom stereocenters. The Morgan fingerprint density at radius 3 is 1.08 bits per heavy atom. The molecule has 8 nitrogen and oxygen atoms in total. The van der Waals surface area contributed by atoms with E-state index in [0.717, 1.165) is 88.2 Å². The van der Waals surface area contributed by atoms with E-state index in [4.69, 9.17) is 29.9 Å². The Balaban J connectivity index is 1.03. The standard InChI is InChI=1S/C67H42F2N8/c1-41-55(76-56-31-16-14-27-48(56)50-35-33-46(39-58(50)76)66-72-62(42-19-6-2-7-20-42)70-63(73-66)43-21-8-3-9-22-43)38-37-52(60-53(68)29-18-30-54(60)69)61(41)77-57-32-17-15-28-49(57)51-36-34-47(40-59(51)77)67-74-64(44-23-10-4-11-24-44)71-65(75-67)45-25-12-5-13-26-45/h2-40H,1H3. The smallest absolute Gasteiger partial charge is 0.164 e. The van der Waals surface area contributed by atoms with Crippen molar-refractivity contribution >= 4 is 43.6 Å². The van der Waals surface area contributed by atoms with Crippen molar-refractivity contribution in [2.24, 2.45) is 0 Å². The van der Waals surface area contributed by atoms with Gasteiger partial charge in [-0.1, -0.05) is 188 Å². The molecule has 0 spiro atoms. The van der Waals surface area contributed by atoms with E-state index in [-0.39, 0.29) is 5.56 Å². The number of hydrogen-bond acceptors (Lipinski definition) is 6. The van der Waals surface area contributed by atoms with E-state index >= 15 is 8.78 Å². The van der Waals surface area contributed by atoms with Gasteiger partial charge in [0.05, 0.1) is 39.0 Å². The molecule has 10 heteroatoms. The zero-order valence-electron chi connectivity index (χ0n) is 41.4. The predicted octanol–water partition coefficient (Wildman–Crippen LogP) is 16.5. The number of fused-ring (bicyclic) bond motifs is 6. The van der Waals surface area contributed by atoms with Crippen LogP contribution in [0, 0.1) is 18.6 Å².